The molecule has 2 unspecified atom stereocenters. The summed E-state index contributed by atoms with van der Waals surface area (Å²) >= 11 is 0. The van der Waals surface area contributed by atoms with Gasteiger partial charge >= 0.3 is 12.1 Å². The Balaban J connectivity index is 1.16. The standard InChI is InChI=1S/C34H37N3O5/c38-31(39)29(24-11-8-12-24)19-35-32(40)34(17-18-37(22-34)20-23-9-2-1-3-10-23)36-33(41)42-21-30-27-15-6-4-13-25(27)26-14-5-7-16-28(26)30/h1-7,9-10,13-16,24,29-30H,8,11-12,17-22H2,(H,35,40)(H,36,41)(H,38,39). The lowest BCUT2D eigenvalue weighted by molar-refractivity contribution is -0.145. The van der Waals surface area contributed by atoms with Gasteiger partial charge in [-0.05, 0) is 53.0 Å². The number of likely N-dealkylation sites (tertiary alicyclic amines) is 1. The molecule has 3 aliphatic rings. The van der Waals surface area contributed by atoms with E-state index >= 15 is 0 Å². The molecular weight excluding hydrogens is 530 g/mol. The molecule has 1 saturated heterocycles. The number of fused-ring (bicyclic) bond motifs is 3. The Labute approximate surface area is 246 Å². The Morgan fingerprint density at radius 3 is 2.19 bits per heavy atom. The van der Waals surface area contributed by atoms with Crippen LogP contribution in [0.2, 0.25) is 0 Å². The van der Waals surface area contributed by atoms with Gasteiger partial charge in [-0.1, -0.05) is 85.3 Å². The number of benzene rings is 3. The summed E-state index contributed by atoms with van der Waals surface area (Å²) in [5.74, 6) is -1.90. The third kappa shape index (κ3) is 5.63. The van der Waals surface area contributed by atoms with Crippen molar-refractivity contribution in [1.82, 2.24) is 15.5 Å². The fourth-order valence-electron chi connectivity index (χ4n) is 6.71. The summed E-state index contributed by atoms with van der Waals surface area (Å²) in [6.45, 7) is 1.75. The summed E-state index contributed by atoms with van der Waals surface area (Å²) in [4.78, 5) is 41.1. The maximum absolute atomic E-state index is 13.7. The summed E-state index contributed by atoms with van der Waals surface area (Å²) in [6.07, 6.45) is 2.49. The highest BCUT2D eigenvalue weighted by atomic mass is 16.5. The van der Waals surface area contributed by atoms with Gasteiger partial charge in [0.25, 0.3) is 0 Å². The molecule has 1 saturated carbocycles. The highest BCUT2D eigenvalue weighted by Gasteiger charge is 2.47. The van der Waals surface area contributed by atoms with E-state index in [-0.39, 0.29) is 30.9 Å². The van der Waals surface area contributed by atoms with Crippen molar-refractivity contribution in [3.8, 4) is 11.1 Å². The van der Waals surface area contributed by atoms with Gasteiger partial charge in [0.1, 0.15) is 12.1 Å². The smallest absolute Gasteiger partial charge is 0.408 e. The molecule has 3 aromatic rings. The Kier molecular flexibility index (Phi) is 7.98. The SMILES string of the molecule is O=C(NC1(C(=O)NCC(C(=O)O)C2CCC2)CCN(Cc2ccccc2)C1)OCC1c2ccccc2-c2ccccc21. The summed E-state index contributed by atoms with van der Waals surface area (Å²) in [7, 11) is 0. The largest absolute Gasteiger partial charge is 0.481 e. The number of carbonyl (C=O) groups is 3. The van der Waals surface area contributed by atoms with Crippen molar-refractivity contribution in [2.24, 2.45) is 11.8 Å². The number of hydrogen-bond donors (Lipinski definition) is 3. The lowest BCUT2D eigenvalue weighted by Crippen LogP contribution is -2.61. The first-order valence-corrected chi connectivity index (χ1v) is 14.8. The summed E-state index contributed by atoms with van der Waals surface area (Å²) in [5, 5.41) is 15.6. The predicted octanol–water partition coefficient (Wildman–Crippen LogP) is 4.79. The normalized spacial score (nSPS) is 20.7. The summed E-state index contributed by atoms with van der Waals surface area (Å²) in [6, 6.07) is 26.3. The zero-order valence-electron chi connectivity index (χ0n) is 23.6. The summed E-state index contributed by atoms with van der Waals surface area (Å²) < 4.78 is 5.82. The van der Waals surface area contributed by atoms with E-state index in [1.165, 1.54) is 0 Å². The van der Waals surface area contributed by atoms with Crippen molar-refractivity contribution in [3.05, 3.63) is 95.6 Å². The third-order valence-electron chi connectivity index (χ3n) is 9.24. The van der Waals surface area contributed by atoms with E-state index in [4.69, 9.17) is 4.74 Å². The number of carbonyl (C=O) groups excluding carboxylic acids is 2. The minimum atomic E-state index is -1.22. The van der Waals surface area contributed by atoms with Gasteiger partial charge in [-0.3, -0.25) is 14.5 Å². The average Bonchev–Trinajstić information content (AvgIpc) is 3.52. The highest BCUT2D eigenvalue weighted by molar-refractivity contribution is 5.91. The molecule has 0 spiro atoms. The van der Waals surface area contributed by atoms with Crippen LogP contribution in [0, 0.1) is 11.8 Å². The number of nitrogens with one attached hydrogen (secondary N) is 2. The zero-order valence-corrected chi connectivity index (χ0v) is 23.6. The van der Waals surface area contributed by atoms with Crippen LogP contribution in [-0.4, -0.2) is 59.8 Å². The number of nitrogens with zero attached hydrogens (tertiary/aromatic N) is 1. The van der Waals surface area contributed by atoms with Crippen LogP contribution in [-0.2, 0) is 20.9 Å². The van der Waals surface area contributed by atoms with E-state index in [1.807, 2.05) is 54.6 Å². The molecule has 8 nitrogen and oxygen atoms in total. The Morgan fingerprint density at radius 1 is 0.929 bits per heavy atom. The average molecular weight is 568 g/mol. The van der Waals surface area contributed by atoms with Gasteiger partial charge in [0.15, 0.2) is 0 Å². The van der Waals surface area contributed by atoms with Gasteiger partial charge < -0.3 is 20.5 Å². The van der Waals surface area contributed by atoms with E-state index in [9.17, 15) is 19.5 Å². The third-order valence-corrected chi connectivity index (χ3v) is 9.24. The fraction of sp³-hybridized carbons (Fsp3) is 0.382. The molecule has 3 N–H and O–H groups in total. The second kappa shape index (κ2) is 12.0. The van der Waals surface area contributed by atoms with E-state index in [1.54, 1.807) is 0 Å². The quantitative estimate of drug-likeness (QED) is 0.325. The molecule has 2 fully saturated rings. The molecule has 1 aliphatic heterocycles. The number of carboxylic acids is 1. The predicted molar refractivity (Wildman–Crippen MR) is 159 cm³/mol. The van der Waals surface area contributed by atoms with E-state index < -0.39 is 23.5 Å². The number of alkyl carbamates (subject to hydrolysis) is 1. The Bertz CT molecular complexity index is 1410. The van der Waals surface area contributed by atoms with E-state index in [0.29, 0.717) is 26.1 Å². The first kappa shape index (κ1) is 28.0. The number of carboxylic acid groups (broad SMARTS) is 1. The first-order chi connectivity index (χ1) is 20.4. The maximum Gasteiger partial charge on any atom is 0.408 e. The van der Waals surface area contributed by atoms with Crippen molar-refractivity contribution in [3.63, 3.8) is 0 Å². The molecule has 6 rings (SSSR count). The molecule has 2 amide bonds. The van der Waals surface area contributed by atoms with Crippen LogP contribution < -0.4 is 10.6 Å². The van der Waals surface area contributed by atoms with Crippen molar-refractivity contribution < 1.29 is 24.2 Å². The molecule has 1 heterocycles. The second-order valence-corrected chi connectivity index (χ2v) is 11.8. The van der Waals surface area contributed by atoms with Crippen molar-refractivity contribution >= 4 is 18.0 Å². The van der Waals surface area contributed by atoms with Crippen LogP contribution in [0.25, 0.3) is 11.1 Å². The van der Waals surface area contributed by atoms with Crippen LogP contribution in [0.15, 0.2) is 78.9 Å². The van der Waals surface area contributed by atoms with Gasteiger partial charge in [0.05, 0.1) is 5.92 Å². The molecule has 2 atom stereocenters. The maximum atomic E-state index is 13.7. The van der Waals surface area contributed by atoms with Crippen LogP contribution in [0.3, 0.4) is 0 Å². The van der Waals surface area contributed by atoms with Gasteiger partial charge in [-0.25, -0.2) is 4.79 Å². The lowest BCUT2D eigenvalue weighted by Gasteiger charge is -2.33. The van der Waals surface area contributed by atoms with Gasteiger partial charge in [0, 0.05) is 32.1 Å². The number of aliphatic carboxylic acids is 1. The molecule has 2 aliphatic carbocycles. The minimum Gasteiger partial charge on any atom is -0.481 e. The Morgan fingerprint density at radius 2 is 1.57 bits per heavy atom. The van der Waals surface area contributed by atoms with Gasteiger partial charge in [0.2, 0.25) is 5.91 Å². The highest BCUT2D eigenvalue weighted by Crippen LogP contribution is 2.44. The molecule has 42 heavy (non-hydrogen) atoms. The van der Waals surface area contributed by atoms with Crippen LogP contribution >= 0.6 is 0 Å². The van der Waals surface area contributed by atoms with Crippen molar-refractivity contribution in [2.45, 2.75) is 43.7 Å². The molecule has 8 heteroatoms. The number of rotatable bonds is 10. The van der Waals surface area contributed by atoms with Crippen LogP contribution in [0.5, 0.6) is 0 Å². The minimum absolute atomic E-state index is 0.0473. The fourth-order valence-corrected chi connectivity index (χ4v) is 6.71. The van der Waals surface area contributed by atoms with Crippen LogP contribution in [0.1, 0.15) is 48.3 Å². The van der Waals surface area contributed by atoms with Crippen LogP contribution in [0.4, 0.5) is 4.79 Å². The number of ether oxygens (including phenoxy) is 1. The molecule has 218 valence electrons. The van der Waals surface area contributed by atoms with Gasteiger partial charge in [-0.2, -0.15) is 0 Å². The first-order valence-electron chi connectivity index (χ1n) is 14.8. The molecule has 0 aromatic heterocycles. The second-order valence-electron chi connectivity index (χ2n) is 11.8. The number of amides is 2. The molecule has 3 aromatic carbocycles. The van der Waals surface area contributed by atoms with Crippen molar-refractivity contribution in [2.75, 3.05) is 26.2 Å². The molecule has 0 radical (unpaired) electrons. The van der Waals surface area contributed by atoms with Gasteiger partial charge in [-0.15, -0.1) is 0 Å². The molecule has 0 bridgehead atoms. The Hall–Kier alpha value is -4.17. The lowest BCUT2D eigenvalue weighted by atomic mass is 9.75. The van der Waals surface area contributed by atoms with Crippen molar-refractivity contribution in [1.29, 1.82) is 0 Å². The molecular formula is C34H37N3O5. The monoisotopic (exact) mass is 567 g/mol. The zero-order chi connectivity index (χ0) is 29.1. The van der Waals surface area contributed by atoms with E-state index in [0.717, 1.165) is 47.1 Å². The topological polar surface area (TPSA) is 108 Å². The van der Waals surface area contributed by atoms with E-state index in [2.05, 4.69) is 39.8 Å². The summed E-state index contributed by atoms with van der Waals surface area (Å²) in [5.41, 5.74) is 4.41. The number of hydrogen-bond acceptors (Lipinski definition) is 5.